The summed E-state index contributed by atoms with van der Waals surface area (Å²) in [6.45, 7) is 6.57. The van der Waals surface area contributed by atoms with E-state index in [9.17, 15) is 4.79 Å². The fraction of sp³-hybridized carbons (Fsp3) is 0.458. The summed E-state index contributed by atoms with van der Waals surface area (Å²) in [5.41, 5.74) is 1.77. The van der Waals surface area contributed by atoms with Gasteiger partial charge in [0.05, 0.1) is 25.5 Å². The Morgan fingerprint density at radius 3 is 2.69 bits per heavy atom. The van der Waals surface area contributed by atoms with Crippen molar-refractivity contribution in [2.24, 2.45) is 0 Å². The van der Waals surface area contributed by atoms with E-state index >= 15 is 0 Å². The number of ether oxygens (including phenoxy) is 4. The zero-order valence-electron chi connectivity index (χ0n) is 18.4. The second kappa shape index (κ2) is 9.26. The molecule has 0 spiro atoms. The largest absolute Gasteiger partial charge is 0.495 e. The van der Waals surface area contributed by atoms with Gasteiger partial charge in [0, 0.05) is 51.4 Å². The maximum atomic E-state index is 13.0. The van der Waals surface area contributed by atoms with E-state index in [4.69, 9.17) is 18.9 Å². The molecule has 32 heavy (non-hydrogen) atoms. The molecule has 2 fully saturated rings. The van der Waals surface area contributed by atoms with Crippen molar-refractivity contribution in [3.63, 3.8) is 0 Å². The fourth-order valence-corrected chi connectivity index (χ4v) is 4.58. The van der Waals surface area contributed by atoms with Crippen LogP contribution in [0.15, 0.2) is 42.5 Å². The zero-order valence-corrected chi connectivity index (χ0v) is 18.4. The molecule has 1 atom stereocenters. The van der Waals surface area contributed by atoms with Crippen molar-refractivity contribution in [3.05, 3.63) is 48.0 Å². The molecule has 8 heteroatoms. The topological polar surface area (TPSA) is 63.7 Å². The monoisotopic (exact) mass is 439 g/mol. The first kappa shape index (κ1) is 20.9. The molecular weight excluding hydrogens is 410 g/mol. The van der Waals surface area contributed by atoms with Crippen molar-refractivity contribution < 1.29 is 23.7 Å². The van der Waals surface area contributed by atoms with E-state index in [1.54, 1.807) is 25.3 Å². The molecule has 0 bridgehead atoms. The van der Waals surface area contributed by atoms with E-state index in [-0.39, 0.29) is 18.8 Å². The quantitative estimate of drug-likeness (QED) is 0.707. The van der Waals surface area contributed by atoms with Crippen LogP contribution in [0.2, 0.25) is 0 Å². The smallest absolute Gasteiger partial charge is 0.254 e. The molecule has 3 aliphatic heterocycles. The predicted octanol–water partition coefficient (Wildman–Crippen LogP) is 2.09. The van der Waals surface area contributed by atoms with E-state index in [2.05, 4.69) is 15.9 Å². The number of benzene rings is 2. The lowest BCUT2D eigenvalue weighted by Gasteiger charge is -2.40. The minimum Gasteiger partial charge on any atom is -0.495 e. The van der Waals surface area contributed by atoms with Crippen LogP contribution in [0.25, 0.3) is 0 Å². The van der Waals surface area contributed by atoms with Crippen molar-refractivity contribution in [2.45, 2.75) is 6.10 Å². The molecular formula is C24H29N3O5. The van der Waals surface area contributed by atoms with Gasteiger partial charge in [0.25, 0.3) is 5.91 Å². The number of hydrogen-bond acceptors (Lipinski definition) is 7. The average Bonchev–Trinajstić information content (AvgIpc) is 3.32. The lowest BCUT2D eigenvalue weighted by molar-refractivity contribution is -0.0363. The molecule has 3 heterocycles. The molecule has 2 aromatic rings. The molecule has 0 aliphatic carbocycles. The van der Waals surface area contributed by atoms with E-state index in [1.807, 2.05) is 23.1 Å². The lowest BCUT2D eigenvalue weighted by atomic mass is 10.1. The molecule has 0 N–H and O–H groups in total. The van der Waals surface area contributed by atoms with Gasteiger partial charge < -0.3 is 28.7 Å². The predicted molar refractivity (Wildman–Crippen MR) is 120 cm³/mol. The average molecular weight is 440 g/mol. The molecule has 3 aliphatic rings. The van der Waals surface area contributed by atoms with Gasteiger partial charge in [0.1, 0.15) is 5.75 Å². The highest BCUT2D eigenvalue weighted by molar-refractivity contribution is 5.95. The summed E-state index contributed by atoms with van der Waals surface area (Å²) in [5, 5.41) is 0. The van der Waals surface area contributed by atoms with Crippen molar-refractivity contribution >= 4 is 11.6 Å². The van der Waals surface area contributed by atoms with Crippen LogP contribution in [-0.2, 0) is 4.74 Å². The highest BCUT2D eigenvalue weighted by Crippen LogP contribution is 2.33. The minimum atomic E-state index is 0.0117. The summed E-state index contributed by atoms with van der Waals surface area (Å²) < 4.78 is 22.3. The van der Waals surface area contributed by atoms with Gasteiger partial charge in [0.15, 0.2) is 11.5 Å². The number of hydrogen-bond donors (Lipinski definition) is 0. The normalized spacial score (nSPS) is 21.0. The molecule has 1 unspecified atom stereocenters. The van der Waals surface area contributed by atoms with Gasteiger partial charge in [0.2, 0.25) is 6.79 Å². The number of morpholine rings is 1. The Bertz CT molecular complexity index is 960. The highest BCUT2D eigenvalue weighted by atomic mass is 16.7. The lowest BCUT2D eigenvalue weighted by Crippen LogP contribution is -2.53. The molecule has 0 aromatic heterocycles. The summed E-state index contributed by atoms with van der Waals surface area (Å²) in [5.74, 6) is 2.24. The number of piperazine rings is 1. The number of amides is 1. The number of carbonyl (C=O) groups excluding carboxylic acids is 1. The third-order valence-corrected chi connectivity index (χ3v) is 6.31. The summed E-state index contributed by atoms with van der Waals surface area (Å²) in [6.07, 6.45) is 0.0134. The second-order valence-electron chi connectivity index (χ2n) is 8.27. The third-order valence-electron chi connectivity index (χ3n) is 6.31. The van der Waals surface area contributed by atoms with Crippen LogP contribution in [0.1, 0.15) is 10.4 Å². The highest BCUT2D eigenvalue weighted by Gasteiger charge is 2.29. The van der Waals surface area contributed by atoms with Crippen LogP contribution >= 0.6 is 0 Å². The van der Waals surface area contributed by atoms with Crippen LogP contribution in [0, 0.1) is 0 Å². The number of methoxy groups -OCH3 is 1. The Morgan fingerprint density at radius 1 is 1.03 bits per heavy atom. The SMILES string of the molecule is COc1ccccc1N1CCN(CC2CN(C(=O)c3ccc4c(c3)OCO4)CCO2)CC1. The van der Waals surface area contributed by atoms with Gasteiger partial charge in [-0.15, -0.1) is 0 Å². The number of nitrogens with zero attached hydrogens (tertiary/aromatic N) is 3. The first-order valence-corrected chi connectivity index (χ1v) is 11.1. The van der Waals surface area contributed by atoms with Crippen molar-refractivity contribution in [1.82, 2.24) is 9.80 Å². The Labute approximate surface area is 188 Å². The molecule has 5 rings (SSSR count). The molecule has 0 radical (unpaired) electrons. The van der Waals surface area contributed by atoms with E-state index in [1.165, 1.54) is 0 Å². The van der Waals surface area contributed by atoms with Crippen LogP contribution in [-0.4, -0.2) is 88.1 Å². The van der Waals surface area contributed by atoms with E-state index in [0.717, 1.165) is 44.2 Å². The molecule has 2 aromatic carbocycles. The Kier molecular flexibility index (Phi) is 6.05. The number of fused-ring (bicyclic) bond motifs is 1. The van der Waals surface area contributed by atoms with Gasteiger partial charge in [-0.3, -0.25) is 9.69 Å². The Morgan fingerprint density at radius 2 is 1.84 bits per heavy atom. The first-order chi connectivity index (χ1) is 15.7. The minimum absolute atomic E-state index is 0.0117. The van der Waals surface area contributed by atoms with Crippen LogP contribution in [0.3, 0.4) is 0 Å². The van der Waals surface area contributed by atoms with Crippen molar-refractivity contribution in [3.8, 4) is 17.2 Å². The first-order valence-electron chi connectivity index (χ1n) is 11.1. The molecule has 1 amide bonds. The number of rotatable bonds is 5. The third kappa shape index (κ3) is 4.33. The van der Waals surface area contributed by atoms with E-state index in [0.29, 0.717) is 36.8 Å². The number of para-hydroxylation sites is 2. The summed E-state index contributed by atoms with van der Waals surface area (Å²) >= 11 is 0. The van der Waals surface area contributed by atoms with Gasteiger partial charge in [-0.2, -0.15) is 0 Å². The molecule has 8 nitrogen and oxygen atoms in total. The maximum absolute atomic E-state index is 13.0. The van der Waals surface area contributed by atoms with Crippen molar-refractivity contribution in [1.29, 1.82) is 0 Å². The molecule has 170 valence electrons. The molecule has 0 saturated carbocycles. The van der Waals surface area contributed by atoms with Gasteiger partial charge >= 0.3 is 0 Å². The maximum Gasteiger partial charge on any atom is 0.254 e. The van der Waals surface area contributed by atoms with Crippen LogP contribution in [0.5, 0.6) is 17.2 Å². The van der Waals surface area contributed by atoms with Crippen LogP contribution < -0.4 is 19.1 Å². The zero-order chi connectivity index (χ0) is 21.9. The van der Waals surface area contributed by atoms with E-state index < -0.39 is 0 Å². The summed E-state index contributed by atoms with van der Waals surface area (Å²) in [4.78, 5) is 19.7. The van der Waals surface area contributed by atoms with Crippen molar-refractivity contribution in [2.75, 3.05) is 71.2 Å². The number of carbonyl (C=O) groups is 1. The fourth-order valence-electron chi connectivity index (χ4n) is 4.58. The van der Waals surface area contributed by atoms with Gasteiger partial charge in [-0.1, -0.05) is 12.1 Å². The summed E-state index contributed by atoms with van der Waals surface area (Å²) in [6, 6.07) is 13.5. The molecule has 2 saturated heterocycles. The Balaban J connectivity index is 1.15. The van der Waals surface area contributed by atoms with Crippen LogP contribution in [0.4, 0.5) is 5.69 Å². The number of anilines is 1. The Hall–Kier alpha value is -2.97. The van der Waals surface area contributed by atoms with Gasteiger partial charge in [-0.25, -0.2) is 0 Å². The van der Waals surface area contributed by atoms with Gasteiger partial charge in [-0.05, 0) is 30.3 Å². The second-order valence-corrected chi connectivity index (χ2v) is 8.27. The standard InChI is InChI=1S/C24H29N3O5/c1-29-21-5-3-2-4-20(21)26-10-8-25(9-11-26)15-19-16-27(12-13-30-19)24(28)18-6-7-22-23(14-18)32-17-31-22/h2-7,14,19H,8-13,15-17H2,1H3. The summed E-state index contributed by atoms with van der Waals surface area (Å²) in [7, 11) is 1.71.